The first-order valence-corrected chi connectivity index (χ1v) is 10.2. The number of amides is 2. The Hall–Kier alpha value is -3.63. The monoisotopic (exact) mass is 433 g/mol. The number of nitriles is 1. The molecule has 1 saturated heterocycles. The molecular formula is C23H20ClN5O2. The fourth-order valence-electron chi connectivity index (χ4n) is 3.63. The third-order valence-electron chi connectivity index (χ3n) is 5.25. The maximum absolute atomic E-state index is 12.8. The molecule has 0 radical (unpaired) electrons. The van der Waals surface area contributed by atoms with Crippen LogP contribution in [0.15, 0.2) is 61.1 Å². The summed E-state index contributed by atoms with van der Waals surface area (Å²) in [6.07, 6.45) is 3.62. The molecule has 2 amide bonds. The fraction of sp³-hybridized carbons (Fsp3) is 0.217. The van der Waals surface area contributed by atoms with E-state index in [1.54, 1.807) is 34.0 Å². The van der Waals surface area contributed by atoms with Gasteiger partial charge in [0.25, 0.3) is 5.91 Å². The number of rotatable bonds is 6. The highest BCUT2D eigenvalue weighted by Crippen LogP contribution is 2.18. The van der Waals surface area contributed by atoms with Gasteiger partial charge in [0.15, 0.2) is 0 Å². The van der Waals surface area contributed by atoms with Crippen molar-refractivity contribution >= 4 is 23.4 Å². The molecule has 1 aliphatic heterocycles. The van der Waals surface area contributed by atoms with Gasteiger partial charge < -0.3 is 14.8 Å². The molecule has 4 rings (SSSR count). The lowest BCUT2D eigenvalue weighted by Crippen LogP contribution is -2.41. The highest BCUT2D eigenvalue weighted by molar-refractivity contribution is 6.30. The molecule has 2 heterocycles. The summed E-state index contributed by atoms with van der Waals surface area (Å²) in [5.41, 5.74) is 2.85. The van der Waals surface area contributed by atoms with Gasteiger partial charge in [0.1, 0.15) is 11.7 Å². The number of aromatic nitrogens is 2. The lowest BCUT2D eigenvalue weighted by Gasteiger charge is -2.17. The smallest absolute Gasteiger partial charge is 0.270 e. The number of imidazole rings is 1. The highest BCUT2D eigenvalue weighted by Gasteiger charge is 2.33. The predicted octanol–water partition coefficient (Wildman–Crippen LogP) is 2.99. The van der Waals surface area contributed by atoms with Crippen LogP contribution in [0.5, 0.6) is 0 Å². The SMILES string of the molecule is N#Cc1ccc(Cn2cncc2C(=O)N[C@H]2CCN(Cc3cccc(Cl)c3)C2=O)cc1. The summed E-state index contributed by atoms with van der Waals surface area (Å²) in [5, 5.41) is 12.4. The van der Waals surface area contributed by atoms with Crippen molar-refractivity contribution in [1.82, 2.24) is 19.8 Å². The molecule has 1 aromatic heterocycles. The summed E-state index contributed by atoms with van der Waals surface area (Å²) in [7, 11) is 0. The summed E-state index contributed by atoms with van der Waals surface area (Å²) in [6, 6.07) is 16.1. The van der Waals surface area contributed by atoms with Crippen molar-refractivity contribution in [2.45, 2.75) is 25.6 Å². The zero-order chi connectivity index (χ0) is 21.8. The van der Waals surface area contributed by atoms with E-state index in [4.69, 9.17) is 16.9 Å². The Morgan fingerprint density at radius 2 is 2.00 bits per heavy atom. The highest BCUT2D eigenvalue weighted by atomic mass is 35.5. The van der Waals surface area contributed by atoms with E-state index < -0.39 is 6.04 Å². The zero-order valence-corrected chi connectivity index (χ0v) is 17.4. The number of halogens is 1. The summed E-state index contributed by atoms with van der Waals surface area (Å²) in [6.45, 7) is 1.47. The standard InChI is InChI=1S/C23H20ClN5O2/c24-19-3-1-2-18(10-19)14-28-9-8-20(23(28)31)27-22(30)21-12-26-15-29(21)13-17-6-4-16(11-25)5-7-17/h1-7,10,12,15,20H,8-9,13-14H2,(H,27,30)/t20-/m0/s1. The Balaban J connectivity index is 1.39. The molecule has 8 heteroatoms. The first-order chi connectivity index (χ1) is 15.0. The van der Waals surface area contributed by atoms with Crippen LogP contribution < -0.4 is 5.32 Å². The number of likely N-dealkylation sites (tertiary alicyclic amines) is 1. The average Bonchev–Trinajstić information content (AvgIpc) is 3.36. The van der Waals surface area contributed by atoms with E-state index >= 15 is 0 Å². The van der Waals surface area contributed by atoms with Crippen molar-refractivity contribution in [2.75, 3.05) is 6.54 Å². The van der Waals surface area contributed by atoms with Crippen molar-refractivity contribution < 1.29 is 9.59 Å². The number of hydrogen-bond acceptors (Lipinski definition) is 4. The van der Waals surface area contributed by atoms with Crippen LogP contribution in [0.4, 0.5) is 0 Å². The molecule has 7 nitrogen and oxygen atoms in total. The minimum atomic E-state index is -0.565. The zero-order valence-electron chi connectivity index (χ0n) is 16.7. The molecule has 156 valence electrons. The summed E-state index contributed by atoms with van der Waals surface area (Å²) in [5.74, 6) is -0.444. The molecule has 0 unspecified atom stereocenters. The van der Waals surface area contributed by atoms with Crippen LogP contribution in [0.3, 0.4) is 0 Å². The topological polar surface area (TPSA) is 91.0 Å². The predicted molar refractivity (Wildman–Crippen MR) is 115 cm³/mol. The Kier molecular flexibility index (Phi) is 6.01. The molecular weight excluding hydrogens is 414 g/mol. The minimum absolute atomic E-state index is 0.105. The molecule has 3 aromatic rings. The fourth-order valence-corrected chi connectivity index (χ4v) is 3.85. The number of nitrogens with zero attached hydrogens (tertiary/aromatic N) is 4. The van der Waals surface area contributed by atoms with Gasteiger partial charge in [-0.05, 0) is 41.8 Å². The minimum Gasteiger partial charge on any atom is -0.339 e. The second-order valence-electron chi connectivity index (χ2n) is 7.42. The number of hydrogen-bond donors (Lipinski definition) is 1. The molecule has 1 fully saturated rings. The molecule has 0 aliphatic carbocycles. The maximum Gasteiger partial charge on any atom is 0.270 e. The Labute approximate surface area is 184 Å². The van der Waals surface area contributed by atoms with Gasteiger partial charge in [-0.2, -0.15) is 5.26 Å². The lowest BCUT2D eigenvalue weighted by atomic mass is 10.1. The van der Waals surface area contributed by atoms with Gasteiger partial charge in [0.05, 0.1) is 24.2 Å². The normalized spacial score (nSPS) is 15.7. The van der Waals surface area contributed by atoms with Gasteiger partial charge in [-0.3, -0.25) is 9.59 Å². The number of carbonyl (C=O) groups is 2. The van der Waals surface area contributed by atoms with Gasteiger partial charge >= 0.3 is 0 Å². The molecule has 0 spiro atoms. The third kappa shape index (κ3) is 4.76. The van der Waals surface area contributed by atoms with Crippen LogP contribution in [0.1, 0.15) is 33.6 Å². The van der Waals surface area contributed by atoms with Gasteiger partial charge in [0, 0.05) is 24.7 Å². The van der Waals surface area contributed by atoms with Crippen LogP contribution in [0, 0.1) is 11.3 Å². The van der Waals surface area contributed by atoms with E-state index in [0.29, 0.717) is 42.3 Å². The van der Waals surface area contributed by atoms with E-state index in [9.17, 15) is 9.59 Å². The first-order valence-electron chi connectivity index (χ1n) is 9.87. The van der Waals surface area contributed by atoms with Gasteiger partial charge in [-0.1, -0.05) is 35.9 Å². The summed E-state index contributed by atoms with van der Waals surface area (Å²) >= 11 is 6.03. The molecule has 2 aromatic carbocycles. The van der Waals surface area contributed by atoms with Crippen LogP contribution in [-0.2, 0) is 17.9 Å². The van der Waals surface area contributed by atoms with Crippen LogP contribution in [-0.4, -0.2) is 38.9 Å². The average molecular weight is 434 g/mol. The molecule has 31 heavy (non-hydrogen) atoms. The molecule has 1 N–H and O–H groups in total. The van der Waals surface area contributed by atoms with Crippen LogP contribution in [0.25, 0.3) is 0 Å². The van der Waals surface area contributed by atoms with Crippen molar-refractivity contribution in [3.05, 3.63) is 88.5 Å². The van der Waals surface area contributed by atoms with Crippen LogP contribution >= 0.6 is 11.6 Å². The number of carbonyl (C=O) groups excluding carboxylic acids is 2. The Bertz CT molecular complexity index is 1150. The first kappa shape index (κ1) is 20.6. The lowest BCUT2D eigenvalue weighted by molar-refractivity contribution is -0.129. The van der Waals surface area contributed by atoms with Crippen molar-refractivity contribution in [3.8, 4) is 6.07 Å². The van der Waals surface area contributed by atoms with E-state index in [2.05, 4.69) is 16.4 Å². The van der Waals surface area contributed by atoms with Crippen molar-refractivity contribution in [2.24, 2.45) is 0 Å². The third-order valence-corrected chi connectivity index (χ3v) is 5.48. The van der Waals surface area contributed by atoms with E-state index in [-0.39, 0.29) is 11.8 Å². The second kappa shape index (κ2) is 9.02. The maximum atomic E-state index is 12.8. The van der Waals surface area contributed by atoms with Gasteiger partial charge in [-0.25, -0.2) is 4.98 Å². The van der Waals surface area contributed by atoms with Crippen molar-refractivity contribution in [3.63, 3.8) is 0 Å². The van der Waals surface area contributed by atoms with E-state index in [1.807, 2.05) is 30.3 Å². The Morgan fingerprint density at radius 1 is 1.19 bits per heavy atom. The van der Waals surface area contributed by atoms with Gasteiger partial charge in [-0.15, -0.1) is 0 Å². The second-order valence-corrected chi connectivity index (χ2v) is 7.86. The largest absolute Gasteiger partial charge is 0.339 e. The molecule has 0 saturated carbocycles. The van der Waals surface area contributed by atoms with Crippen LogP contribution in [0.2, 0.25) is 5.02 Å². The summed E-state index contributed by atoms with van der Waals surface area (Å²) < 4.78 is 1.72. The molecule has 0 bridgehead atoms. The van der Waals surface area contributed by atoms with E-state index in [1.165, 1.54) is 6.20 Å². The van der Waals surface area contributed by atoms with E-state index in [0.717, 1.165) is 11.1 Å². The molecule has 1 atom stereocenters. The number of nitrogens with one attached hydrogen (secondary N) is 1. The van der Waals surface area contributed by atoms with Gasteiger partial charge in [0.2, 0.25) is 5.91 Å². The molecule has 1 aliphatic rings. The summed E-state index contributed by atoms with van der Waals surface area (Å²) in [4.78, 5) is 31.4. The Morgan fingerprint density at radius 3 is 2.74 bits per heavy atom. The van der Waals surface area contributed by atoms with Crippen molar-refractivity contribution in [1.29, 1.82) is 5.26 Å². The quantitative estimate of drug-likeness (QED) is 0.647. The number of benzene rings is 2.